The van der Waals surface area contributed by atoms with E-state index >= 15 is 0 Å². The molecule has 2 aromatic carbocycles. The van der Waals surface area contributed by atoms with Crippen LogP contribution in [0.3, 0.4) is 0 Å². The molecule has 1 fully saturated rings. The van der Waals surface area contributed by atoms with Gasteiger partial charge in [0.2, 0.25) is 0 Å². The van der Waals surface area contributed by atoms with Crippen LogP contribution in [0.4, 0.5) is 4.79 Å². The summed E-state index contributed by atoms with van der Waals surface area (Å²) in [6, 6.07) is 13.0. The van der Waals surface area contributed by atoms with Crippen molar-refractivity contribution in [1.29, 1.82) is 0 Å². The molecule has 1 aliphatic rings. The summed E-state index contributed by atoms with van der Waals surface area (Å²) in [7, 11) is -2.55. The minimum absolute atomic E-state index is 0.0106. The van der Waals surface area contributed by atoms with Crippen molar-refractivity contribution in [2.24, 2.45) is 0 Å². The van der Waals surface area contributed by atoms with Crippen LogP contribution in [0.15, 0.2) is 70.4 Å². The Morgan fingerprint density at radius 1 is 1.05 bits per heavy atom. The molecule has 0 radical (unpaired) electrons. The predicted molar refractivity (Wildman–Crippen MR) is 135 cm³/mol. The fourth-order valence-electron chi connectivity index (χ4n) is 3.91. The summed E-state index contributed by atoms with van der Waals surface area (Å²) < 4.78 is 48.2. The van der Waals surface area contributed by atoms with Crippen LogP contribution in [0.2, 0.25) is 0 Å². The van der Waals surface area contributed by atoms with Crippen LogP contribution < -0.4 is 4.74 Å². The Morgan fingerprint density at radius 3 is 2.35 bits per heavy atom. The normalized spacial score (nSPS) is 14.1. The zero-order valence-electron chi connectivity index (χ0n) is 21.1. The van der Waals surface area contributed by atoms with Gasteiger partial charge in [-0.3, -0.25) is 0 Å². The van der Waals surface area contributed by atoms with Crippen LogP contribution in [0.1, 0.15) is 36.7 Å². The van der Waals surface area contributed by atoms with E-state index in [-0.39, 0.29) is 34.9 Å². The highest BCUT2D eigenvalue weighted by molar-refractivity contribution is 7.90. The zero-order chi connectivity index (χ0) is 26.8. The number of rotatable bonds is 7. The van der Waals surface area contributed by atoms with Crippen molar-refractivity contribution in [3.05, 3.63) is 72.2 Å². The fraction of sp³-hybridized carbons (Fsp3) is 0.333. The Morgan fingerprint density at radius 2 is 1.76 bits per heavy atom. The Hall–Kier alpha value is -3.79. The first-order valence-electron chi connectivity index (χ1n) is 11.7. The molecule has 0 N–H and O–H groups in total. The molecule has 0 saturated carbocycles. The number of likely N-dealkylation sites (tertiary alicyclic amines) is 1. The van der Waals surface area contributed by atoms with E-state index in [4.69, 9.17) is 18.6 Å². The number of amides is 1. The number of ether oxygens (including phenoxy) is 3. The number of methoxy groups -OCH3 is 1. The van der Waals surface area contributed by atoms with Gasteiger partial charge in [-0.1, -0.05) is 30.3 Å². The molecule has 10 heteroatoms. The summed E-state index contributed by atoms with van der Waals surface area (Å²) in [6.07, 6.45) is 2.08. The van der Waals surface area contributed by atoms with Crippen molar-refractivity contribution in [2.75, 3.05) is 20.2 Å². The lowest BCUT2D eigenvalue weighted by molar-refractivity contribution is -0.0223. The zero-order valence-corrected chi connectivity index (χ0v) is 21.9. The lowest BCUT2D eigenvalue weighted by Gasteiger charge is -2.40. The summed E-state index contributed by atoms with van der Waals surface area (Å²) >= 11 is 0. The largest absolute Gasteiger partial charge is 0.485 e. The highest BCUT2D eigenvalue weighted by atomic mass is 32.2. The molecule has 3 aromatic rings. The minimum atomic E-state index is -3.77. The summed E-state index contributed by atoms with van der Waals surface area (Å²) in [6.45, 7) is 5.84. The van der Waals surface area contributed by atoms with E-state index in [1.165, 1.54) is 36.7 Å². The van der Waals surface area contributed by atoms with Crippen molar-refractivity contribution < 1.29 is 36.6 Å². The maximum atomic E-state index is 13.1. The third-order valence-electron chi connectivity index (χ3n) is 5.70. The van der Waals surface area contributed by atoms with E-state index in [0.717, 1.165) is 0 Å². The lowest BCUT2D eigenvalue weighted by Crippen LogP contribution is -2.57. The van der Waals surface area contributed by atoms with Crippen molar-refractivity contribution >= 4 is 21.9 Å². The molecule has 1 amide bonds. The average Bonchev–Trinajstić information content (AvgIpc) is 3.34. The molecular formula is C27H29NO8S. The molecule has 2 heterocycles. The van der Waals surface area contributed by atoms with E-state index in [9.17, 15) is 18.0 Å². The molecule has 0 atom stereocenters. The number of benzene rings is 2. The first-order chi connectivity index (χ1) is 17.5. The predicted octanol–water partition coefficient (Wildman–Crippen LogP) is 4.71. The SMILES string of the molecule is COC(=O)c1c(CS(=O)(=O)c2ccccc2)ccc(-c2ccoc2)c1OC1CN(C(=O)OC(C)(C)C)C1. The van der Waals surface area contributed by atoms with Crippen LogP contribution in [0.25, 0.3) is 11.1 Å². The molecule has 196 valence electrons. The molecular weight excluding hydrogens is 498 g/mol. The number of esters is 1. The summed E-state index contributed by atoms with van der Waals surface area (Å²) in [4.78, 5) is 27.0. The quantitative estimate of drug-likeness (QED) is 0.406. The summed E-state index contributed by atoms with van der Waals surface area (Å²) in [5, 5.41) is 0. The maximum absolute atomic E-state index is 13.1. The number of hydrogen-bond acceptors (Lipinski definition) is 8. The van der Waals surface area contributed by atoms with Gasteiger partial charge in [-0.05, 0) is 44.5 Å². The first kappa shape index (κ1) is 26.3. The van der Waals surface area contributed by atoms with Gasteiger partial charge >= 0.3 is 12.1 Å². The van der Waals surface area contributed by atoms with E-state index < -0.39 is 39.4 Å². The van der Waals surface area contributed by atoms with Crippen molar-refractivity contribution in [3.8, 4) is 16.9 Å². The highest BCUT2D eigenvalue weighted by Crippen LogP contribution is 2.39. The fourth-order valence-corrected chi connectivity index (χ4v) is 5.30. The van der Waals surface area contributed by atoms with Gasteiger partial charge in [-0.2, -0.15) is 0 Å². The molecule has 0 bridgehead atoms. The van der Waals surface area contributed by atoms with Gasteiger partial charge in [0.25, 0.3) is 0 Å². The smallest absolute Gasteiger partial charge is 0.410 e. The van der Waals surface area contributed by atoms with E-state index in [2.05, 4.69) is 0 Å². The van der Waals surface area contributed by atoms with Crippen LogP contribution in [0, 0.1) is 0 Å². The Balaban J connectivity index is 1.69. The Bertz CT molecular complexity index is 1370. The number of carbonyl (C=O) groups is 2. The molecule has 0 aliphatic carbocycles. The molecule has 0 unspecified atom stereocenters. The lowest BCUT2D eigenvalue weighted by atomic mass is 9.99. The number of furan rings is 1. The Kier molecular flexibility index (Phi) is 7.31. The monoisotopic (exact) mass is 527 g/mol. The van der Waals surface area contributed by atoms with E-state index in [1.807, 2.05) is 0 Å². The molecule has 1 aromatic heterocycles. The van der Waals surface area contributed by atoms with Crippen LogP contribution in [0.5, 0.6) is 5.75 Å². The highest BCUT2D eigenvalue weighted by Gasteiger charge is 2.37. The Labute approximate surface area is 215 Å². The van der Waals surface area contributed by atoms with Gasteiger partial charge in [0, 0.05) is 11.1 Å². The molecule has 9 nitrogen and oxygen atoms in total. The molecule has 1 aliphatic heterocycles. The van der Waals surface area contributed by atoms with Crippen molar-refractivity contribution in [1.82, 2.24) is 4.90 Å². The van der Waals surface area contributed by atoms with E-state index in [0.29, 0.717) is 11.1 Å². The standard InChI is InChI=1S/C27H29NO8S/c1-27(2,3)36-26(30)28-14-20(15-28)35-24-22(18-12-13-34-16-18)11-10-19(23(24)25(29)33-4)17-37(31,32)21-8-6-5-7-9-21/h5-13,16,20H,14-15,17H2,1-4H3. The van der Waals surface area contributed by atoms with Gasteiger partial charge in [0.15, 0.2) is 9.84 Å². The van der Waals surface area contributed by atoms with E-state index in [1.54, 1.807) is 57.2 Å². The van der Waals surface area contributed by atoms with Crippen LogP contribution >= 0.6 is 0 Å². The van der Waals surface area contributed by atoms with Crippen LogP contribution in [-0.2, 0) is 25.1 Å². The van der Waals surface area contributed by atoms with Gasteiger partial charge < -0.3 is 23.5 Å². The number of sulfone groups is 1. The second-order valence-electron chi connectivity index (χ2n) is 9.68. The number of carbonyl (C=O) groups excluding carboxylic acids is 2. The summed E-state index contributed by atoms with van der Waals surface area (Å²) in [5.74, 6) is -0.997. The molecule has 0 spiro atoms. The van der Waals surface area contributed by atoms with Gasteiger partial charge in [-0.25, -0.2) is 18.0 Å². The average molecular weight is 528 g/mol. The minimum Gasteiger partial charge on any atom is -0.485 e. The van der Waals surface area contributed by atoms with Crippen molar-refractivity contribution in [2.45, 2.75) is 43.1 Å². The number of nitrogens with zero attached hydrogens (tertiary/aromatic N) is 1. The third-order valence-corrected chi connectivity index (χ3v) is 7.38. The second kappa shape index (κ2) is 10.3. The first-order valence-corrected chi connectivity index (χ1v) is 13.3. The molecule has 37 heavy (non-hydrogen) atoms. The molecule has 1 saturated heterocycles. The van der Waals surface area contributed by atoms with Crippen molar-refractivity contribution in [3.63, 3.8) is 0 Å². The van der Waals surface area contributed by atoms with Crippen LogP contribution in [-0.4, -0.2) is 57.3 Å². The second-order valence-corrected chi connectivity index (χ2v) is 11.7. The van der Waals surface area contributed by atoms with Gasteiger partial charge in [-0.15, -0.1) is 0 Å². The topological polar surface area (TPSA) is 112 Å². The van der Waals surface area contributed by atoms with Gasteiger partial charge in [0.1, 0.15) is 23.0 Å². The van der Waals surface area contributed by atoms with Gasteiger partial charge in [0.05, 0.1) is 43.4 Å². The third kappa shape index (κ3) is 5.96. The number of hydrogen-bond donors (Lipinski definition) is 0. The molecule has 4 rings (SSSR count). The maximum Gasteiger partial charge on any atom is 0.410 e. The summed E-state index contributed by atoms with van der Waals surface area (Å²) in [5.41, 5.74) is 0.790.